The molecule has 4 heteroatoms. The molecule has 0 spiro atoms. The van der Waals surface area contributed by atoms with Crippen molar-refractivity contribution in [2.24, 2.45) is 0 Å². The normalized spacial score (nSPS) is 18.4. The SMILES string of the molecule is CC(=O)NCCC(=O)N1CCCC1c1ccccc1. The molecule has 0 radical (unpaired) electrons. The number of hydrogen-bond donors (Lipinski definition) is 1. The summed E-state index contributed by atoms with van der Waals surface area (Å²) in [4.78, 5) is 24.9. The van der Waals surface area contributed by atoms with Crippen molar-refractivity contribution in [2.45, 2.75) is 32.2 Å². The molecule has 1 saturated heterocycles. The van der Waals surface area contributed by atoms with Gasteiger partial charge in [0.25, 0.3) is 0 Å². The maximum atomic E-state index is 12.2. The zero-order valence-electron chi connectivity index (χ0n) is 11.3. The van der Waals surface area contributed by atoms with Crippen LogP contribution in [0.5, 0.6) is 0 Å². The monoisotopic (exact) mass is 260 g/mol. The summed E-state index contributed by atoms with van der Waals surface area (Å²) < 4.78 is 0. The van der Waals surface area contributed by atoms with E-state index in [1.807, 2.05) is 23.1 Å². The maximum absolute atomic E-state index is 12.2. The van der Waals surface area contributed by atoms with Crippen molar-refractivity contribution in [2.75, 3.05) is 13.1 Å². The highest BCUT2D eigenvalue weighted by molar-refractivity contribution is 5.78. The Morgan fingerprint density at radius 3 is 2.74 bits per heavy atom. The van der Waals surface area contributed by atoms with E-state index >= 15 is 0 Å². The predicted octanol–water partition coefficient (Wildman–Crippen LogP) is 1.88. The van der Waals surface area contributed by atoms with Crippen LogP contribution in [-0.4, -0.2) is 29.8 Å². The second-order valence-electron chi connectivity index (χ2n) is 4.89. The Labute approximate surface area is 113 Å². The number of rotatable bonds is 4. The fourth-order valence-electron chi connectivity index (χ4n) is 2.58. The van der Waals surface area contributed by atoms with Crippen molar-refractivity contribution < 1.29 is 9.59 Å². The Morgan fingerprint density at radius 1 is 1.32 bits per heavy atom. The van der Waals surface area contributed by atoms with E-state index in [0.717, 1.165) is 19.4 Å². The third-order valence-corrected chi connectivity index (χ3v) is 3.47. The zero-order chi connectivity index (χ0) is 13.7. The molecule has 2 rings (SSSR count). The van der Waals surface area contributed by atoms with Crippen LogP contribution < -0.4 is 5.32 Å². The first-order chi connectivity index (χ1) is 9.18. The van der Waals surface area contributed by atoms with Gasteiger partial charge >= 0.3 is 0 Å². The molecule has 1 aliphatic heterocycles. The number of amides is 2. The number of benzene rings is 1. The van der Waals surface area contributed by atoms with Gasteiger partial charge in [-0.3, -0.25) is 9.59 Å². The molecule has 1 aliphatic rings. The first-order valence-electron chi connectivity index (χ1n) is 6.77. The fourth-order valence-corrected chi connectivity index (χ4v) is 2.58. The van der Waals surface area contributed by atoms with Gasteiger partial charge in [0, 0.05) is 26.4 Å². The van der Waals surface area contributed by atoms with Gasteiger partial charge in [-0.05, 0) is 18.4 Å². The minimum absolute atomic E-state index is 0.0890. The lowest BCUT2D eigenvalue weighted by Crippen LogP contribution is -2.33. The summed E-state index contributed by atoms with van der Waals surface area (Å²) >= 11 is 0. The van der Waals surface area contributed by atoms with E-state index in [1.54, 1.807) is 0 Å². The quantitative estimate of drug-likeness (QED) is 0.898. The molecular weight excluding hydrogens is 240 g/mol. The average Bonchev–Trinajstić information content (AvgIpc) is 2.88. The summed E-state index contributed by atoms with van der Waals surface area (Å²) in [6, 6.07) is 10.3. The largest absolute Gasteiger partial charge is 0.356 e. The maximum Gasteiger partial charge on any atom is 0.224 e. The number of likely N-dealkylation sites (tertiary alicyclic amines) is 1. The smallest absolute Gasteiger partial charge is 0.224 e. The topological polar surface area (TPSA) is 49.4 Å². The van der Waals surface area contributed by atoms with Crippen LogP contribution in [0.25, 0.3) is 0 Å². The Hall–Kier alpha value is -1.84. The molecule has 1 heterocycles. The molecular formula is C15H20N2O2. The highest BCUT2D eigenvalue weighted by Gasteiger charge is 2.29. The molecule has 0 bridgehead atoms. The van der Waals surface area contributed by atoms with Gasteiger partial charge < -0.3 is 10.2 Å². The third kappa shape index (κ3) is 3.56. The molecule has 1 N–H and O–H groups in total. The van der Waals surface area contributed by atoms with Gasteiger partial charge in [-0.2, -0.15) is 0 Å². The lowest BCUT2D eigenvalue weighted by molar-refractivity contribution is -0.132. The number of hydrogen-bond acceptors (Lipinski definition) is 2. The number of carbonyl (C=O) groups excluding carboxylic acids is 2. The lowest BCUT2D eigenvalue weighted by atomic mass is 10.0. The van der Waals surface area contributed by atoms with Crippen LogP contribution in [0.3, 0.4) is 0 Å². The van der Waals surface area contributed by atoms with E-state index in [0.29, 0.717) is 13.0 Å². The Bertz CT molecular complexity index is 445. The summed E-state index contributed by atoms with van der Waals surface area (Å²) in [5.74, 6) is 0.0361. The van der Waals surface area contributed by atoms with Gasteiger partial charge in [0.1, 0.15) is 0 Å². The number of nitrogens with one attached hydrogen (secondary N) is 1. The van der Waals surface area contributed by atoms with Crippen LogP contribution in [0, 0.1) is 0 Å². The van der Waals surface area contributed by atoms with E-state index in [-0.39, 0.29) is 17.9 Å². The Kier molecular flexibility index (Phi) is 4.55. The molecule has 1 atom stereocenters. The van der Waals surface area contributed by atoms with Crippen LogP contribution in [0.1, 0.15) is 37.8 Å². The van der Waals surface area contributed by atoms with E-state index in [2.05, 4.69) is 17.4 Å². The summed E-state index contributed by atoms with van der Waals surface area (Å²) in [5, 5.41) is 2.67. The van der Waals surface area contributed by atoms with Crippen molar-refractivity contribution in [3.63, 3.8) is 0 Å². The first kappa shape index (κ1) is 13.6. The number of nitrogens with zero attached hydrogens (tertiary/aromatic N) is 1. The van der Waals surface area contributed by atoms with E-state index in [1.165, 1.54) is 12.5 Å². The second-order valence-corrected chi connectivity index (χ2v) is 4.89. The molecule has 0 aliphatic carbocycles. The summed E-state index contributed by atoms with van der Waals surface area (Å²) in [5.41, 5.74) is 1.20. The molecule has 2 amide bonds. The van der Waals surface area contributed by atoms with Crippen molar-refractivity contribution >= 4 is 11.8 Å². The molecule has 19 heavy (non-hydrogen) atoms. The van der Waals surface area contributed by atoms with E-state index in [4.69, 9.17) is 0 Å². The third-order valence-electron chi connectivity index (χ3n) is 3.47. The van der Waals surface area contributed by atoms with Crippen LogP contribution in [-0.2, 0) is 9.59 Å². The van der Waals surface area contributed by atoms with Crippen molar-refractivity contribution in [3.8, 4) is 0 Å². The molecule has 0 aromatic heterocycles. The fraction of sp³-hybridized carbons (Fsp3) is 0.467. The van der Waals surface area contributed by atoms with Gasteiger partial charge in [0.15, 0.2) is 0 Å². The van der Waals surface area contributed by atoms with E-state index < -0.39 is 0 Å². The van der Waals surface area contributed by atoms with Gasteiger partial charge in [0.2, 0.25) is 11.8 Å². The predicted molar refractivity (Wildman–Crippen MR) is 73.4 cm³/mol. The Morgan fingerprint density at radius 2 is 2.05 bits per heavy atom. The molecule has 102 valence electrons. The standard InChI is InChI=1S/C15H20N2O2/c1-12(18)16-10-9-15(19)17-11-5-8-14(17)13-6-3-2-4-7-13/h2-4,6-7,14H,5,8-11H2,1H3,(H,16,18). The van der Waals surface area contributed by atoms with Gasteiger partial charge in [0.05, 0.1) is 6.04 Å². The zero-order valence-corrected chi connectivity index (χ0v) is 11.3. The minimum Gasteiger partial charge on any atom is -0.356 e. The Balaban J connectivity index is 1.95. The molecule has 1 aromatic rings. The lowest BCUT2D eigenvalue weighted by Gasteiger charge is -2.25. The van der Waals surface area contributed by atoms with Gasteiger partial charge in [-0.15, -0.1) is 0 Å². The van der Waals surface area contributed by atoms with Crippen LogP contribution >= 0.6 is 0 Å². The summed E-state index contributed by atoms with van der Waals surface area (Å²) in [6.07, 6.45) is 2.45. The van der Waals surface area contributed by atoms with Crippen LogP contribution in [0.15, 0.2) is 30.3 Å². The first-order valence-corrected chi connectivity index (χ1v) is 6.77. The van der Waals surface area contributed by atoms with E-state index in [9.17, 15) is 9.59 Å². The highest BCUT2D eigenvalue weighted by atomic mass is 16.2. The van der Waals surface area contributed by atoms with Crippen molar-refractivity contribution in [1.82, 2.24) is 10.2 Å². The summed E-state index contributed by atoms with van der Waals surface area (Å²) in [7, 11) is 0. The molecule has 1 fully saturated rings. The van der Waals surface area contributed by atoms with Gasteiger partial charge in [-0.25, -0.2) is 0 Å². The summed E-state index contributed by atoms with van der Waals surface area (Å²) in [6.45, 7) is 2.71. The second kappa shape index (κ2) is 6.36. The molecule has 0 saturated carbocycles. The molecule has 1 unspecified atom stereocenters. The van der Waals surface area contributed by atoms with Crippen molar-refractivity contribution in [3.05, 3.63) is 35.9 Å². The minimum atomic E-state index is -0.0890. The number of carbonyl (C=O) groups is 2. The molecule has 4 nitrogen and oxygen atoms in total. The van der Waals surface area contributed by atoms with Crippen LogP contribution in [0.2, 0.25) is 0 Å². The molecule has 1 aromatic carbocycles. The van der Waals surface area contributed by atoms with Crippen molar-refractivity contribution in [1.29, 1.82) is 0 Å². The highest BCUT2D eigenvalue weighted by Crippen LogP contribution is 2.31. The van der Waals surface area contributed by atoms with Gasteiger partial charge in [-0.1, -0.05) is 30.3 Å². The average molecular weight is 260 g/mol. The van der Waals surface area contributed by atoms with Crippen LogP contribution in [0.4, 0.5) is 0 Å².